The van der Waals surface area contributed by atoms with Crippen molar-refractivity contribution in [2.45, 2.75) is 6.54 Å². The van der Waals surface area contributed by atoms with Gasteiger partial charge in [0, 0.05) is 31.5 Å². The number of rotatable bonds is 4. The van der Waals surface area contributed by atoms with E-state index in [1.165, 1.54) is 12.3 Å². The van der Waals surface area contributed by atoms with Crippen molar-refractivity contribution in [1.29, 1.82) is 0 Å². The molecule has 6 nitrogen and oxygen atoms in total. The van der Waals surface area contributed by atoms with Crippen LogP contribution in [0.2, 0.25) is 0 Å². The molecule has 0 aromatic carbocycles. The lowest BCUT2D eigenvalue weighted by atomic mass is 10.3. The predicted octanol–water partition coefficient (Wildman–Crippen LogP) is 1.13. The first-order chi connectivity index (χ1) is 8.15. The molecule has 0 atom stereocenters. The van der Waals surface area contributed by atoms with E-state index in [0.717, 1.165) is 5.56 Å². The molecule has 2 N–H and O–H groups in total. The predicted molar refractivity (Wildman–Crippen MR) is 61.7 cm³/mol. The smallest absolute Gasteiger partial charge is 0.337 e. The fourth-order valence-electron chi connectivity index (χ4n) is 1.38. The van der Waals surface area contributed by atoms with E-state index in [1.807, 2.05) is 13.2 Å². The minimum Gasteiger partial charge on any atom is -0.478 e. The van der Waals surface area contributed by atoms with Crippen LogP contribution in [0, 0.1) is 0 Å². The zero-order valence-electron chi connectivity index (χ0n) is 9.29. The molecule has 0 spiro atoms. The molecule has 6 heteroatoms. The Hall–Kier alpha value is -2.37. The molecule has 0 aliphatic heterocycles. The Morgan fingerprint density at radius 1 is 1.47 bits per heavy atom. The lowest BCUT2D eigenvalue weighted by molar-refractivity contribution is 0.0696. The average molecular weight is 232 g/mol. The van der Waals surface area contributed by atoms with E-state index in [1.54, 1.807) is 16.9 Å². The topological polar surface area (TPSA) is 80.0 Å². The van der Waals surface area contributed by atoms with Crippen molar-refractivity contribution in [1.82, 2.24) is 14.8 Å². The first-order valence-electron chi connectivity index (χ1n) is 5.06. The number of aryl methyl sites for hydroxylation is 1. The summed E-state index contributed by atoms with van der Waals surface area (Å²) in [5.74, 6) is -0.338. The second kappa shape index (κ2) is 4.65. The van der Waals surface area contributed by atoms with Crippen LogP contribution in [0.25, 0.3) is 0 Å². The van der Waals surface area contributed by atoms with Gasteiger partial charge in [0.15, 0.2) is 0 Å². The number of pyridine rings is 1. The third-order valence-electron chi connectivity index (χ3n) is 2.24. The van der Waals surface area contributed by atoms with Crippen molar-refractivity contribution in [3.8, 4) is 0 Å². The minimum absolute atomic E-state index is 0.178. The van der Waals surface area contributed by atoms with Crippen LogP contribution >= 0.6 is 0 Å². The number of carboxylic acid groups (broad SMARTS) is 1. The zero-order chi connectivity index (χ0) is 12.3. The Labute approximate surface area is 97.9 Å². The number of aromatic nitrogens is 3. The van der Waals surface area contributed by atoms with Crippen molar-refractivity contribution >= 4 is 11.8 Å². The van der Waals surface area contributed by atoms with Crippen LogP contribution in [-0.2, 0) is 13.6 Å². The standard InChI is InChI=1S/C11H12N4O2/c1-15-7-8(5-14-15)4-12-10-3-2-9(6-13-10)11(16)17/h2-3,5-7H,4H2,1H3,(H,12,13)(H,16,17). The quantitative estimate of drug-likeness (QED) is 0.825. The van der Waals surface area contributed by atoms with Gasteiger partial charge in [0.2, 0.25) is 0 Å². The molecule has 0 aliphatic rings. The second-order valence-corrected chi connectivity index (χ2v) is 3.61. The van der Waals surface area contributed by atoms with Gasteiger partial charge in [-0.3, -0.25) is 4.68 Å². The summed E-state index contributed by atoms with van der Waals surface area (Å²) in [4.78, 5) is 14.6. The lowest BCUT2D eigenvalue weighted by Crippen LogP contribution is -2.02. The average Bonchev–Trinajstić information content (AvgIpc) is 2.73. The maximum Gasteiger partial charge on any atom is 0.337 e. The van der Waals surface area contributed by atoms with Crippen LogP contribution in [0.1, 0.15) is 15.9 Å². The van der Waals surface area contributed by atoms with Crippen LogP contribution < -0.4 is 5.32 Å². The first kappa shape index (κ1) is 11.1. The van der Waals surface area contributed by atoms with Gasteiger partial charge in [0.25, 0.3) is 0 Å². The van der Waals surface area contributed by atoms with Gasteiger partial charge in [0.05, 0.1) is 11.8 Å². The van der Waals surface area contributed by atoms with Gasteiger partial charge >= 0.3 is 5.97 Å². The molecule has 0 radical (unpaired) electrons. The minimum atomic E-state index is -0.976. The maximum atomic E-state index is 10.6. The summed E-state index contributed by atoms with van der Waals surface area (Å²) in [5, 5.41) is 15.8. The van der Waals surface area contributed by atoms with E-state index in [-0.39, 0.29) is 5.56 Å². The van der Waals surface area contributed by atoms with Crippen molar-refractivity contribution in [2.24, 2.45) is 7.05 Å². The maximum absolute atomic E-state index is 10.6. The summed E-state index contributed by atoms with van der Waals surface area (Å²) >= 11 is 0. The highest BCUT2D eigenvalue weighted by atomic mass is 16.4. The molecule has 0 bridgehead atoms. The molecule has 0 saturated carbocycles. The van der Waals surface area contributed by atoms with Crippen molar-refractivity contribution in [3.05, 3.63) is 41.9 Å². The van der Waals surface area contributed by atoms with E-state index in [9.17, 15) is 4.79 Å². The fraction of sp³-hybridized carbons (Fsp3) is 0.182. The molecular weight excluding hydrogens is 220 g/mol. The van der Waals surface area contributed by atoms with E-state index in [4.69, 9.17) is 5.11 Å². The van der Waals surface area contributed by atoms with Crippen molar-refractivity contribution in [2.75, 3.05) is 5.32 Å². The summed E-state index contributed by atoms with van der Waals surface area (Å²) in [6.45, 7) is 0.604. The Bertz CT molecular complexity index is 519. The van der Waals surface area contributed by atoms with Gasteiger partial charge in [-0.1, -0.05) is 0 Å². The molecule has 88 valence electrons. The summed E-state index contributed by atoms with van der Waals surface area (Å²) in [6, 6.07) is 3.15. The van der Waals surface area contributed by atoms with Crippen molar-refractivity contribution < 1.29 is 9.90 Å². The lowest BCUT2D eigenvalue weighted by Gasteiger charge is -2.03. The summed E-state index contributed by atoms with van der Waals surface area (Å²) < 4.78 is 1.72. The molecule has 2 heterocycles. The molecule has 0 saturated heterocycles. The SMILES string of the molecule is Cn1cc(CNc2ccc(C(=O)O)cn2)cn1. The molecule has 2 rings (SSSR count). The molecular formula is C11H12N4O2. The number of aromatic carboxylic acids is 1. The van der Waals surface area contributed by atoms with E-state index in [0.29, 0.717) is 12.4 Å². The molecule has 0 unspecified atom stereocenters. The molecule has 2 aromatic rings. The molecule has 17 heavy (non-hydrogen) atoms. The van der Waals surface area contributed by atoms with Crippen LogP contribution in [-0.4, -0.2) is 25.8 Å². The van der Waals surface area contributed by atoms with Gasteiger partial charge in [-0.2, -0.15) is 5.10 Å². The van der Waals surface area contributed by atoms with E-state index < -0.39 is 5.97 Å². The number of carbonyl (C=O) groups is 1. The molecule has 0 amide bonds. The summed E-state index contributed by atoms with van der Waals surface area (Å²) in [5.41, 5.74) is 1.22. The van der Waals surface area contributed by atoms with Crippen LogP contribution in [0.3, 0.4) is 0 Å². The van der Waals surface area contributed by atoms with Gasteiger partial charge in [-0.05, 0) is 12.1 Å². The molecule has 0 aliphatic carbocycles. The van der Waals surface area contributed by atoms with Crippen LogP contribution in [0.4, 0.5) is 5.82 Å². The highest BCUT2D eigenvalue weighted by Crippen LogP contribution is 2.07. The number of carboxylic acids is 1. The van der Waals surface area contributed by atoms with Gasteiger partial charge in [0.1, 0.15) is 5.82 Å². The number of anilines is 1. The van der Waals surface area contributed by atoms with E-state index >= 15 is 0 Å². The van der Waals surface area contributed by atoms with Gasteiger partial charge < -0.3 is 10.4 Å². The molecule has 0 fully saturated rings. The van der Waals surface area contributed by atoms with Gasteiger partial charge in [-0.25, -0.2) is 9.78 Å². The first-order valence-corrected chi connectivity index (χ1v) is 5.06. The Morgan fingerprint density at radius 2 is 2.29 bits per heavy atom. The zero-order valence-corrected chi connectivity index (χ0v) is 9.29. The fourth-order valence-corrected chi connectivity index (χ4v) is 1.38. The van der Waals surface area contributed by atoms with E-state index in [2.05, 4.69) is 15.4 Å². The summed E-state index contributed by atoms with van der Waals surface area (Å²) in [7, 11) is 1.85. The van der Waals surface area contributed by atoms with Gasteiger partial charge in [-0.15, -0.1) is 0 Å². The normalized spacial score (nSPS) is 10.2. The highest BCUT2D eigenvalue weighted by Gasteiger charge is 2.02. The second-order valence-electron chi connectivity index (χ2n) is 3.61. The largest absolute Gasteiger partial charge is 0.478 e. The Kier molecular flexibility index (Phi) is 3.04. The number of nitrogens with one attached hydrogen (secondary N) is 1. The monoisotopic (exact) mass is 232 g/mol. The summed E-state index contributed by atoms with van der Waals surface area (Å²) in [6.07, 6.45) is 4.99. The van der Waals surface area contributed by atoms with Crippen LogP contribution in [0.15, 0.2) is 30.7 Å². The Morgan fingerprint density at radius 3 is 2.82 bits per heavy atom. The van der Waals surface area contributed by atoms with Crippen molar-refractivity contribution in [3.63, 3.8) is 0 Å². The van der Waals surface area contributed by atoms with Crippen LogP contribution in [0.5, 0.6) is 0 Å². The number of nitrogens with zero attached hydrogens (tertiary/aromatic N) is 3. The third-order valence-corrected chi connectivity index (χ3v) is 2.24. The third kappa shape index (κ3) is 2.81. The highest BCUT2D eigenvalue weighted by molar-refractivity contribution is 5.87. The number of hydrogen-bond acceptors (Lipinski definition) is 4. The Balaban J connectivity index is 1.97. The molecule has 2 aromatic heterocycles. The number of hydrogen-bond donors (Lipinski definition) is 2.